The van der Waals surface area contributed by atoms with Crippen LogP contribution in [0.15, 0.2) is 12.5 Å². The molecule has 114 valence electrons. The highest BCUT2D eigenvalue weighted by Crippen LogP contribution is 2.32. The van der Waals surface area contributed by atoms with Gasteiger partial charge in [-0.25, -0.2) is 4.98 Å². The summed E-state index contributed by atoms with van der Waals surface area (Å²) in [6.45, 7) is 3.32. The monoisotopic (exact) mass is 291 g/mol. The molecule has 1 aromatic rings. The molecule has 0 spiro atoms. The minimum atomic E-state index is -4.27. The van der Waals surface area contributed by atoms with Gasteiger partial charge in [-0.1, -0.05) is 6.92 Å². The van der Waals surface area contributed by atoms with Crippen molar-refractivity contribution in [3.63, 3.8) is 0 Å². The number of halogens is 3. The van der Waals surface area contributed by atoms with E-state index in [2.05, 4.69) is 22.0 Å². The first kappa shape index (κ1) is 15.3. The molecule has 4 nitrogen and oxygen atoms in total. The Morgan fingerprint density at radius 3 is 2.75 bits per heavy atom. The summed E-state index contributed by atoms with van der Waals surface area (Å²) in [6.07, 6.45) is 1.22. The Labute approximate surface area is 116 Å². The molecule has 0 aromatic carbocycles. The van der Waals surface area contributed by atoms with E-state index in [0.29, 0.717) is 6.54 Å². The molecule has 1 fully saturated rings. The molecule has 1 aliphatic rings. The molecule has 0 aliphatic carbocycles. The van der Waals surface area contributed by atoms with Gasteiger partial charge in [-0.05, 0) is 25.9 Å². The minimum absolute atomic E-state index is 0.0335. The second-order valence-electron chi connectivity index (χ2n) is 5.45. The second kappa shape index (κ2) is 6.13. The zero-order chi connectivity index (χ0) is 14.6. The smallest absolute Gasteiger partial charge is 0.370 e. The number of aromatic nitrogens is 2. The predicted molar refractivity (Wildman–Crippen MR) is 68.6 cm³/mol. The van der Waals surface area contributed by atoms with Crippen LogP contribution in [-0.2, 0) is 16.7 Å². The summed E-state index contributed by atoms with van der Waals surface area (Å²) in [5, 5.41) is 3.31. The lowest BCUT2D eigenvalue weighted by molar-refractivity contribution is -0.174. The number of ether oxygens (including phenoxy) is 1. The highest BCUT2D eigenvalue weighted by Gasteiger charge is 2.31. The van der Waals surface area contributed by atoms with E-state index in [1.54, 1.807) is 6.33 Å². The van der Waals surface area contributed by atoms with E-state index >= 15 is 0 Å². The van der Waals surface area contributed by atoms with Crippen LogP contribution in [0.2, 0.25) is 0 Å². The van der Waals surface area contributed by atoms with E-state index in [0.717, 1.165) is 31.6 Å². The van der Waals surface area contributed by atoms with E-state index in [1.807, 2.05) is 10.8 Å². The number of nitrogens with zero attached hydrogens (tertiary/aromatic N) is 2. The first-order valence-corrected chi connectivity index (χ1v) is 6.77. The van der Waals surface area contributed by atoms with Crippen LogP contribution < -0.4 is 5.32 Å². The lowest BCUT2D eigenvalue weighted by Gasteiger charge is -2.34. The molecular formula is C13H20F3N3O. The molecule has 20 heavy (non-hydrogen) atoms. The SMILES string of the molecule is CC1(c2cncn2CCOCC(F)(F)F)CCNCC1. The largest absolute Gasteiger partial charge is 0.411 e. The fourth-order valence-corrected chi connectivity index (χ4v) is 2.59. The van der Waals surface area contributed by atoms with Crippen LogP contribution in [0.3, 0.4) is 0 Å². The Morgan fingerprint density at radius 1 is 1.40 bits per heavy atom. The average molecular weight is 291 g/mol. The van der Waals surface area contributed by atoms with Crippen LogP contribution in [0.5, 0.6) is 0 Å². The minimum Gasteiger partial charge on any atom is -0.370 e. The van der Waals surface area contributed by atoms with Gasteiger partial charge >= 0.3 is 6.18 Å². The highest BCUT2D eigenvalue weighted by molar-refractivity contribution is 5.15. The normalized spacial score (nSPS) is 19.2. The van der Waals surface area contributed by atoms with Crippen molar-refractivity contribution in [2.75, 3.05) is 26.3 Å². The Hall–Kier alpha value is -1.08. The maximum atomic E-state index is 12.0. The predicted octanol–water partition coefficient (Wildman–Crippen LogP) is 2.10. The van der Waals surface area contributed by atoms with Gasteiger partial charge in [0.1, 0.15) is 6.61 Å². The lowest BCUT2D eigenvalue weighted by Crippen LogP contribution is -2.39. The molecule has 2 rings (SSSR count). The lowest BCUT2D eigenvalue weighted by atomic mass is 9.78. The summed E-state index contributed by atoms with van der Waals surface area (Å²) in [5.41, 5.74) is 1.11. The van der Waals surface area contributed by atoms with Crippen molar-refractivity contribution in [1.29, 1.82) is 0 Å². The molecule has 1 saturated heterocycles. The molecule has 0 radical (unpaired) electrons. The molecule has 0 amide bonds. The summed E-state index contributed by atoms with van der Waals surface area (Å²) in [5.74, 6) is 0. The van der Waals surface area contributed by atoms with Crippen molar-refractivity contribution in [1.82, 2.24) is 14.9 Å². The third kappa shape index (κ3) is 3.96. The number of nitrogens with one attached hydrogen (secondary N) is 1. The summed E-state index contributed by atoms with van der Waals surface area (Å²) >= 11 is 0. The van der Waals surface area contributed by atoms with Crippen LogP contribution in [0.4, 0.5) is 13.2 Å². The molecule has 2 heterocycles. The maximum absolute atomic E-state index is 12.0. The molecule has 0 bridgehead atoms. The van der Waals surface area contributed by atoms with Crippen LogP contribution in [0, 0.1) is 0 Å². The fraction of sp³-hybridized carbons (Fsp3) is 0.769. The number of hydrogen-bond donors (Lipinski definition) is 1. The van der Waals surface area contributed by atoms with Gasteiger partial charge in [0.2, 0.25) is 0 Å². The average Bonchev–Trinajstić information content (AvgIpc) is 2.83. The molecule has 0 saturated carbocycles. The van der Waals surface area contributed by atoms with Crippen molar-refractivity contribution in [3.8, 4) is 0 Å². The van der Waals surface area contributed by atoms with Gasteiger partial charge in [-0.3, -0.25) is 0 Å². The number of piperidine rings is 1. The van der Waals surface area contributed by atoms with Gasteiger partial charge in [0, 0.05) is 23.9 Å². The maximum Gasteiger partial charge on any atom is 0.411 e. The first-order chi connectivity index (χ1) is 9.41. The van der Waals surface area contributed by atoms with E-state index in [9.17, 15) is 13.2 Å². The number of hydrogen-bond acceptors (Lipinski definition) is 3. The number of rotatable bonds is 5. The third-order valence-corrected chi connectivity index (χ3v) is 3.78. The van der Waals surface area contributed by atoms with E-state index < -0.39 is 12.8 Å². The topological polar surface area (TPSA) is 39.1 Å². The molecule has 1 aliphatic heterocycles. The Bertz CT molecular complexity index is 425. The second-order valence-corrected chi connectivity index (χ2v) is 5.45. The quantitative estimate of drug-likeness (QED) is 0.845. The van der Waals surface area contributed by atoms with Crippen LogP contribution >= 0.6 is 0 Å². The standard InChI is InChI=1S/C13H20F3N3O/c1-12(2-4-17-5-3-12)11-8-18-10-19(11)6-7-20-9-13(14,15)16/h8,10,17H,2-7,9H2,1H3. The molecular weight excluding hydrogens is 271 g/mol. The summed E-state index contributed by atoms with van der Waals surface area (Å²) in [7, 11) is 0. The van der Waals surface area contributed by atoms with Crippen molar-refractivity contribution in [2.24, 2.45) is 0 Å². The third-order valence-electron chi connectivity index (χ3n) is 3.78. The van der Waals surface area contributed by atoms with Crippen LogP contribution in [0.25, 0.3) is 0 Å². The van der Waals surface area contributed by atoms with Gasteiger partial charge < -0.3 is 14.6 Å². The highest BCUT2D eigenvalue weighted by atomic mass is 19.4. The fourth-order valence-electron chi connectivity index (χ4n) is 2.59. The van der Waals surface area contributed by atoms with E-state index in [4.69, 9.17) is 0 Å². The van der Waals surface area contributed by atoms with Gasteiger partial charge in [0.05, 0.1) is 12.9 Å². The molecule has 0 atom stereocenters. The van der Waals surface area contributed by atoms with Gasteiger partial charge in [-0.15, -0.1) is 0 Å². The first-order valence-electron chi connectivity index (χ1n) is 6.77. The van der Waals surface area contributed by atoms with Gasteiger partial charge in [0.25, 0.3) is 0 Å². The van der Waals surface area contributed by atoms with Crippen molar-refractivity contribution in [2.45, 2.75) is 37.9 Å². The number of imidazole rings is 1. The molecule has 1 aromatic heterocycles. The Morgan fingerprint density at radius 2 is 2.10 bits per heavy atom. The van der Waals surface area contributed by atoms with Gasteiger partial charge in [-0.2, -0.15) is 13.2 Å². The molecule has 1 N–H and O–H groups in total. The summed E-state index contributed by atoms with van der Waals surface area (Å²) in [6, 6.07) is 0. The Balaban J connectivity index is 1.91. The summed E-state index contributed by atoms with van der Waals surface area (Å²) in [4.78, 5) is 4.13. The molecule has 7 heteroatoms. The Kier molecular flexibility index (Phi) is 4.70. The van der Waals surface area contributed by atoms with Crippen molar-refractivity contribution < 1.29 is 17.9 Å². The summed E-state index contributed by atoms with van der Waals surface area (Å²) < 4.78 is 42.6. The zero-order valence-electron chi connectivity index (χ0n) is 11.5. The molecule has 0 unspecified atom stereocenters. The van der Waals surface area contributed by atoms with Crippen molar-refractivity contribution in [3.05, 3.63) is 18.2 Å². The van der Waals surface area contributed by atoms with Gasteiger partial charge in [0.15, 0.2) is 0 Å². The van der Waals surface area contributed by atoms with Crippen LogP contribution in [0.1, 0.15) is 25.5 Å². The van der Waals surface area contributed by atoms with E-state index in [1.165, 1.54) is 0 Å². The zero-order valence-corrected chi connectivity index (χ0v) is 11.5. The van der Waals surface area contributed by atoms with Crippen molar-refractivity contribution >= 4 is 0 Å². The van der Waals surface area contributed by atoms with E-state index in [-0.39, 0.29) is 12.0 Å². The van der Waals surface area contributed by atoms with Crippen LogP contribution in [-0.4, -0.2) is 42.0 Å². The number of alkyl halides is 3.